The molecular weight excluding hydrogens is 316 g/mol. The number of likely N-dealkylation sites (tertiary alicyclic amines) is 1. The highest BCUT2D eigenvalue weighted by Gasteiger charge is 2.23. The summed E-state index contributed by atoms with van der Waals surface area (Å²) in [4.78, 5) is 25.7. The maximum absolute atomic E-state index is 14.0. The van der Waals surface area contributed by atoms with Gasteiger partial charge in [0, 0.05) is 25.8 Å². The van der Waals surface area contributed by atoms with Crippen LogP contribution in [0.3, 0.4) is 0 Å². The molecule has 0 spiro atoms. The number of halogens is 2. The lowest BCUT2D eigenvalue weighted by atomic mass is 10.0. The minimum Gasteiger partial charge on any atom is -0.368 e. The molecule has 1 fully saturated rings. The maximum atomic E-state index is 14.0. The number of rotatable bonds is 7. The largest absolute Gasteiger partial charge is 0.368 e. The number of carbonyl (C=O) groups is 1. The Bertz CT molecular complexity index is 645. The number of aromatic nitrogens is 1. The number of hydrogen-bond donors (Lipinski definition) is 1. The van der Waals surface area contributed by atoms with E-state index in [9.17, 15) is 18.4 Å². The van der Waals surface area contributed by atoms with E-state index >= 15 is 0 Å². The first-order valence-corrected chi connectivity index (χ1v) is 8.34. The van der Waals surface area contributed by atoms with Crippen molar-refractivity contribution in [1.82, 2.24) is 9.47 Å². The van der Waals surface area contributed by atoms with E-state index in [1.54, 1.807) is 0 Å². The van der Waals surface area contributed by atoms with Gasteiger partial charge in [0.15, 0.2) is 5.82 Å². The number of nitrogens with two attached hydrogens (primary N) is 1. The van der Waals surface area contributed by atoms with Crippen LogP contribution < -0.4 is 11.3 Å². The molecule has 2 heterocycles. The SMILES string of the molecule is CC(C)CC(C(N)=O)n1cc(CCN2CCC(F)C2)cc(F)c1=O. The minimum absolute atomic E-state index is 0.132. The number of nitrogens with zero attached hydrogens (tertiary/aromatic N) is 2. The fraction of sp³-hybridized carbons (Fsp3) is 0.647. The van der Waals surface area contributed by atoms with Crippen LogP contribution in [0.25, 0.3) is 0 Å². The van der Waals surface area contributed by atoms with Gasteiger partial charge in [-0.1, -0.05) is 13.8 Å². The van der Waals surface area contributed by atoms with Crippen molar-refractivity contribution in [3.8, 4) is 0 Å². The van der Waals surface area contributed by atoms with Gasteiger partial charge in [-0.15, -0.1) is 0 Å². The van der Waals surface area contributed by atoms with E-state index < -0.39 is 29.5 Å². The topological polar surface area (TPSA) is 68.3 Å². The highest BCUT2D eigenvalue weighted by atomic mass is 19.1. The summed E-state index contributed by atoms with van der Waals surface area (Å²) in [5.41, 5.74) is 5.17. The van der Waals surface area contributed by atoms with Crippen molar-refractivity contribution >= 4 is 5.91 Å². The molecule has 0 aliphatic carbocycles. The third kappa shape index (κ3) is 4.63. The summed E-state index contributed by atoms with van der Waals surface area (Å²) >= 11 is 0. The van der Waals surface area contributed by atoms with Crippen LogP contribution in [0.1, 0.15) is 38.3 Å². The van der Waals surface area contributed by atoms with Crippen LogP contribution >= 0.6 is 0 Å². The summed E-state index contributed by atoms with van der Waals surface area (Å²) in [5, 5.41) is 0. The molecule has 1 aliphatic rings. The second-order valence-electron chi connectivity index (χ2n) is 6.89. The van der Waals surface area contributed by atoms with E-state index in [0.29, 0.717) is 44.5 Å². The Labute approximate surface area is 140 Å². The lowest BCUT2D eigenvalue weighted by Crippen LogP contribution is -2.36. The fourth-order valence-electron chi connectivity index (χ4n) is 3.08. The first kappa shape index (κ1) is 18.6. The van der Waals surface area contributed by atoms with Crippen LogP contribution in [0.5, 0.6) is 0 Å². The summed E-state index contributed by atoms with van der Waals surface area (Å²) in [6.07, 6.45) is 2.07. The molecule has 1 saturated heterocycles. The molecule has 1 aromatic heterocycles. The summed E-state index contributed by atoms with van der Waals surface area (Å²) < 4.78 is 28.3. The lowest BCUT2D eigenvalue weighted by Gasteiger charge is -2.20. The van der Waals surface area contributed by atoms with Crippen LogP contribution in [0.4, 0.5) is 8.78 Å². The van der Waals surface area contributed by atoms with E-state index in [2.05, 4.69) is 0 Å². The Morgan fingerprint density at radius 3 is 2.71 bits per heavy atom. The van der Waals surface area contributed by atoms with Gasteiger partial charge in [0.25, 0.3) is 5.56 Å². The zero-order valence-corrected chi connectivity index (χ0v) is 14.2. The first-order chi connectivity index (χ1) is 11.3. The van der Waals surface area contributed by atoms with Gasteiger partial charge in [0.05, 0.1) is 0 Å². The predicted octanol–water partition coefficient (Wildman–Crippen LogP) is 1.65. The number of primary amides is 1. The van der Waals surface area contributed by atoms with E-state index in [-0.39, 0.29) is 5.92 Å². The van der Waals surface area contributed by atoms with Crippen LogP contribution in [-0.4, -0.2) is 41.2 Å². The Kier molecular flexibility index (Phi) is 6.10. The molecule has 7 heteroatoms. The third-order valence-corrected chi connectivity index (χ3v) is 4.35. The van der Waals surface area contributed by atoms with Crippen molar-refractivity contribution in [2.75, 3.05) is 19.6 Å². The molecule has 0 radical (unpaired) electrons. The highest BCUT2D eigenvalue weighted by Crippen LogP contribution is 2.18. The fourth-order valence-corrected chi connectivity index (χ4v) is 3.08. The van der Waals surface area contributed by atoms with Crippen molar-refractivity contribution in [3.63, 3.8) is 0 Å². The van der Waals surface area contributed by atoms with Gasteiger partial charge in [-0.25, -0.2) is 8.78 Å². The normalized spacial score (nSPS) is 19.8. The van der Waals surface area contributed by atoms with Crippen molar-refractivity contribution in [2.45, 2.75) is 45.3 Å². The Morgan fingerprint density at radius 1 is 1.46 bits per heavy atom. The molecule has 0 bridgehead atoms. The predicted molar refractivity (Wildman–Crippen MR) is 88.0 cm³/mol. The van der Waals surface area contributed by atoms with Crippen molar-refractivity contribution in [1.29, 1.82) is 0 Å². The highest BCUT2D eigenvalue weighted by molar-refractivity contribution is 5.78. The molecule has 134 valence electrons. The first-order valence-electron chi connectivity index (χ1n) is 8.34. The number of pyridine rings is 1. The van der Waals surface area contributed by atoms with E-state index in [1.807, 2.05) is 18.7 Å². The second kappa shape index (κ2) is 7.88. The third-order valence-electron chi connectivity index (χ3n) is 4.35. The summed E-state index contributed by atoms with van der Waals surface area (Å²) in [7, 11) is 0. The van der Waals surface area contributed by atoms with Gasteiger partial charge in [-0.2, -0.15) is 0 Å². The number of carbonyl (C=O) groups excluding carboxylic acids is 1. The smallest absolute Gasteiger partial charge is 0.287 e. The summed E-state index contributed by atoms with van der Waals surface area (Å²) in [6, 6.07) is 0.323. The summed E-state index contributed by atoms with van der Waals surface area (Å²) in [6.45, 7) is 5.47. The van der Waals surface area contributed by atoms with E-state index in [0.717, 1.165) is 4.57 Å². The van der Waals surface area contributed by atoms with Gasteiger partial charge in [0.1, 0.15) is 12.2 Å². The van der Waals surface area contributed by atoms with Gasteiger partial charge < -0.3 is 15.2 Å². The van der Waals surface area contributed by atoms with Crippen LogP contribution in [-0.2, 0) is 11.2 Å². The molecule has 0 saturated carbocycles. The van der Waals surface area contributed by atoms with Crippen LogP contribution in [0.15, 0.2) is 17.1 Å². The van der Waals surface area contributed by atoms with E-state index in [4.69, 9.17) is 5.73 Å². The van der Waals surface area contributed by atoms with Crippen molar-refractivity contribution in [3.05, 3.63) is 34.0 Å². The molecule has 2 unspecified atom stereocenters. The van der Waals surface area contributed by atoms with Gasteiger partial charge in [-0.3, -0.25) is 9.59 Å². The molecular formula is C17H25F2N3O2. The van der Waals surface area contributed by atoms with Gasteiger partial charge in [-0.05, 0) is 36.8 Å². The molecule has 24 heavy (non-hydrogen) atoms. The summed E-state index contributed by atoms with van der Waals surface area (Å²) in [5.74, 6) is -1.42. The van der Waals surface area contributed by atoms with E-state index in [1.165, 1.54) is 12.3 Å². The Morgan fingerprint density at radius 2 is 2.17 bits per heavy atom. The zero-order chi connectivity index (χ0) is 17.9. The molecule has 2 rings (SSSR count). The quantitative estimate of drug-likeness (QED) is 0.820. The zero-order valence-electron chi connectivity index (χ0n) is 14.2. The van der Waals surface area contributed by atoms with Crippen molar-refractivity contribution < 1.29 is 13.6 Å². The molecule has 2 atom stereocenters. The molecule has 1 aromatic rings. The molecule has 1 amide bonds. The molecule has 1 aliphatic heterocycles. The Hall–Kier alpha value is -1.76. The number of alkyl halides is 1. The molecule has 5 nitrogen and oxygen atoms in total. The molecule has 0 aromatic carbocycles. The standard InChI is InChI=1S/C17H25F2N3O2/c1-11(2)7-15(16(20)23)22-9-12(8-14(19)17(22)24)3-5-21-6-4-13(18)10-21/h8-9,11,13,15H,3-7,10H2,1-2H3,(H2,20,23). The number of amides is 1. The monoisotopic (exact) mass is 341 g/mol. The van der Waals surface area contributed by atoms with Gasteiger partial charge in [0.2, 0.25) is 5.91 Å². The molecule has 2 N–H and O–H groups in total. The lowest BCUT2D eigenvalue weighted by molar-refractivity contribution is -0.121. The number of hydrogen-bond acceptors (Lipinski definition) is 3. The maximum Gasteiger partial charge on any atom is 0.287 e. The second-order valence-corrected chi connectivity index (χ2v) is 6.89. The van der Waals surface area contributed by atoms with Gasteiger partial charge >= 0.3 is 0 Å². The van der Waals surface area contributed by atoms with Crippen LogP contribution in [0.2, 0.25) is 0 Å². The average Bonchev–Trinajstić information content (AvgIpc) is 2.91. The van der Waals surface area contributed by atoms with Crippen LogP contribution in [0, 0.1) is 11.7 Å². The Balaban J connectivity index is 2.20. The van der Waals surface area contributed by atoms with Crippen molar-refractivity contribution in [2.24, 2.45) is 11.7 Å². The average molecular weight is 341 g/mol. The minimum atomic E-state index is -0.896.